The van der Waals surface area contributed by atoms with Gasteiger partial charge in [0.15, 0.2) is 0 Å². The molecule has 2 N–H and O–H groups in total. The first-order valence-electron chi connectivity index (χ1n) is 9.37. The van der Waals surface area contributed by atoms with E-state index in [1.54, 1.807) is 31.2 Å². The fourth-order valence-corrected chi connectivity index (χ4v) is 3.96. The maximum Gasteiger partial charge on any atom is 0.322 e. The van der Waals surface area contributed by atoms with Crippen LogP contribution < -0.4 is 10.9 Å². The number of carbonyl (C=O) groups is 1. The number of amides is 2. The number of halogens is 2. The molecule has 0 saturated carbocycles. The van der Waals surface area contributed by atoms with Crippen molar-refractivity contribution in [2.24, 2.45) is 0 Å². The Hall–Kier alpha value is -2.91. The first-order valence-corrected chi connectivity index (χ1v) is 11.8. The van der Waals surface area contributed by atoms with E-state index in [4.69, 9.17) is 11.6 Å². The van der Waals surface area contributed by atoms with E-state index in [-0.39, 0.29) is 28.6 Å². The summed E-state index contributed by atoms with van der Waals surface area (Å²) in [6.07, 6.45) is 2.60. The van der Waals surface area contributed by atoms with E-state index in [0.29, 0.717) is 16.3 Å². The number of sulfone groups is 1. The van der Waals surface area contributed by atoms with Gasteiger partial charge in [-0.2, -0.15) is 0 Å². The average Bonchev–Trinajstić information content (AvgIpc) is 2.70. The molecule has 0 saturated heterocycles. The van der Waals surface area contributed by atoms with Crippen molar-refractivity contribution in [3.8, 4) is 0 Å². The summed E-state index contributed by atoms with van der Waals surface area (Å²) in [5.41, 5.74) is 0.648. The standard InChI is InChI=1S/C21H21ClFN3O4S/c1-13(17-12-24-20(27)16-6-4-3-5-15(16)17)26(9-10-31(2,29)30)21(28)25-14-7-8-19(23)18(22)11-14/h3-8,11-13H,9-10H2,1-2H3,(H,24,27)(H,25,28)/t13-/m0/s1. The van der Waals surface area contributed by atoms with Gasteiger partial charge in [0.2, 0.25) is 0 Å². The molecule has 0 aliphatic rings. The van der Waals surface area contributed by atoms with Crippen molar-refractivity contribution in [3.05, 3.63) is 75.4 Å². The van der Waals surface area contributed by atoms with Crippen molar-refractivity contribution in [2.45, 2.75) is 13.0 Å². The summed E-state index contributed by atoms with van der Waals surface area (Å²) < 4.78 is 36.9. The third-order valence-electron chi connectivity index (χ3n) is 4.89. The van der Waals surface area contributed by atoms with Gasteiger partial charge in [0.1, 0.15) is 15.7 Å². The van der Waals surface area contributed by atoms with Crippen LogP contribution >= 0.6 is 11.6 Å². The SMILES string of the molecule is C[C@@H](c1c[nH]c(=O)c2ccccc12)N(CCS(C)(=O)=O)C(=O)Nc1ccc(F)c(Cl)c1. The number of H-pyrrole nitrogens is 1. The number of fused-ring (bicyclic) bond motifs is 1. The molecule has 3 rings (SSSR count). The first kappa shape index (κ1) is 22.8. The fraction of sp³-hybridized carbons (Fsp3) is 0.238. The highest BCUT2D eigenvalue weighted by molar-refractivity contribution is 7.90. The van der Waals surface area contributed by atoms with Crippen molar-refractivity contribution in [3.63, 3.8) is 0 Å². The number of anilines is 1. The second-order valence-corrected chi connectivity index (χ2v) is 9.84. The van der Waals surface area contributed by atoms with Crippen molar-refractivity contribution in [2.75, 3.05) is 23.9 Å². The van der Waals surface area contributed by atoms with Gasteiger partial charge in [0.25, 0.3) is 5.56 Å². The minimum absolute atomic E-state index is 0.0891. The van der Waals surface area contributed by atoms with Crippen LogP contribution in [0.15, 0.2) is 53.5 Å². The van der Waals surface area contributed by atoms with Gasteiger partial charge >= 0.3 is 6.03 Å². The molecule has 0 unspecified atom stereocenters. The smallest absolute Gasteiger partial charge is 0.322 e. The molecule has 10 heteroatoms. The molecule has 2 amide bonds. The number of aromatic nitrogens is 1. The highest BCUT2D eigenvalue weighted by Crippen LogP contribution is 2.27. The molecule has 0 bridgehead atoms. The third kappa shape index (κ3) is 5.42. The van der Waals surface area contributed by atoms with Crippen molar-refractivity contribution >= 4 is 43.9 Å². The van der Waals surface area contributed by atoms with Crippen molar-refractivity contribution < 1.29 is 17.6 Å². The van der Waals surface area contributed by atoms with Crippen LogP contribution in [0.3, 0.4) is 0 Å². The molecular weight excluding hydrogens is 445 g/mol. The van der Waals surface area contributed by atoms with E-state index in [9.17, 15) is 22.4 Å². The Morgan fingerprint density at radius 1 is 1.23 bits per heavy atom. The maximum absolute atomic E-state index is 13.4. The normalized spacial score (nSPS) is 12.5. The molecule has 164 valence electrons. The number of benzene rings is 2. The zero-order valence-electron chi connectivity index (χ0n) is 16.9. The van der Waals surface area contributed by atoms with E-state index in [0.717, 1.165) is 12.3 Å². The Bertz CT molecular complexity index is 1290. The largest absolute Gasteiger partial charge is 0.328 e. The molecular formula is C21H21ClFN3O4S. The minimum atomic E-state index is -3.35. The predicted octanol–water partition coefficient (Wildman–Crippen LogP) is 3.96. The molecule has 1 aromatic heterocycles. The summed E-state index contributed by atoms with van der Waals surface area (Å²) >= 11 is 5.78. The Morgan fingerprint density at radius 3 is 2.55 bits per heavy atom. The number of pyridine rings is 1. The second-order valence-electron chi connectivity index (χ2n) is 7.18. The summed E-state index contributed by atoms with van der Waals surface area (Å²) in [5, 5.41) is 3.59. The van der Waals surface area contributed by atoms with Crippen LogP contribution in [0.4, 0.5) is 14.9 Å². The summed E-state index contributed by atoms with van der Waals surface area (Å²) in [6, 6.07) is 9.52. The molecule has 0 radical (unpaired) electrons. The summed E-state index contributed by atoms with van der Waals surface area (Å²) in [6.45, 7) is 1.65. The van der Waals surface area contributed by atoms with Gasteiger partial charge in [-0.15, -0.1) is 0 Å². The van der Waals surface area contributed by atoms with Crippen LogP contribution in [-0.2, 0) is 9.84 Å². The molecule has 0 aliphatic carbocycles. The van der Waals surface area contributed by atoms with Crippen LogP contribution in [0, 0.1) is 5.82 Å². The van der Waals surface area contributed by atoms with Gasteiger partial charge in [-0.1, -0.05) is 29.8 Å². The number of nitrogens with one attached hydrogen (secondary N) is 2. The molecule has 7 nitrogen and oxygen atoms in total. The summed E-state index contributed by atoms with van der Waals surface area (Å²) in [7, 11) is -3.35. The van der Waals surface area contributed by atoms with Crippen LogP contribution in [0.5, 0.6) is 0 Å². The van der Waals surface area contributed by atoms with Gasteiger partial charge in [-0.25, -0.2) is 17.6 Å². The minimum Gasteiger partial charge on any atom is -0.328 e. The van der Waals surface area contributed by atoms with Crippen LogP contribution in [-0.4, -0.2) is 42.9 Å². The number of hydrogen-bond donors (Lipinski definition) is 2. The third-order valence-corrected chi connectivity index (χ3v) is 6.11. The highest BCUT2D eigenvalue weighted by atomic mass is 35.5. The molecule has 1 heterocycles. The Balaban J connectivity index is 1.98. The summed E-state index contributed by atoms with van der Waals surface area (Å²) in [4.78, 5) is 29.2. The van der Waals surface area contributed by atoms with Gasteiger partial charge in [-0.3, -0.25) is 4.79 Å². The fourth-order valence-electron chi connectivity index (χ4n) is 3.25. The molecule has 2 aromatic carbocycles. The zero-order valence-corrected chi connectivity index (χ0v) is 18.4. The molecule has 0 spiro atoms. The average molecular weight is 466 g/mol. The number of carbonyl (C=O) groups excluding carboxylic acids is 1. The lowest BCUT2D eigenvalue weighted by Gasteiger charge is -2.30. The monoisotopic (exact) mass is 465 g/mol. The molecule has 31 heavy (non-hydrogen) atoms. The molecule has 0 aliphatic heterocycles. The molecule has 0 fully saturated rings. The Kier molecular flexibility index (Phi) is 6.66. The maximum atomic E-state index is 13.4. The lowest BCUT2D eigenvalue weighted by atomic mass is 10.0. The number of hydrogen-bond acceptors (Lipinski definition) is 4. The number of urea groups is 1. The van der Waals surface area contributed by atoms with Crippen LogP contribution in [0.25, 0.3) is 10.8 Å². The van der Waals surface area contributed by atoms with Gasteiger partial charge in [0.05, 0.1) is 16.8 Å². The van der Waals surface area contributed by atoms with E-state index in [1.165, 1.54) is 23.2 Å². The lowest BCUT2D eigenvalue weighted by Crippen LogP contribution is -2.40. The van der Waals surface area contributed by atoms with Gasteiger partial charge in [0, 0.05) is 30.1 Å². The predicted molar refractivity (Wildman–Crippen MR) is 120 cm³/mol. The molecule has 1 atom stereocenters. The first-order chi connectivity index (χ1) is 14.6. The van der Waals surface area contributed by atoms with E-state index < -0.39 is 27.7 Å². The number of aromatic amines is 1. The number of nitrogens with zero attached hydrogens (tertiary/aromatic N) is 1. The van der Waals surface area contributed by atoms with Crippen LogP contribution in [0.1, 0.15) is 18.5 Å². The molecule has 3 aromatic rings. The second kappa shape index (κ2) is 9.07. The highest BCUT2D eigenvalue weighted by Gasteiger charge is 2.25. The number of rotatable bonds is 6. The Labute approximate surface area is 183 Å². The zero-order chi connectivity index (χ0) is 22.8. The van der Waals surface area contributed by atoms with Gasteiger partial charge < -0.3 is 15.2 Å². The van der Waals surface area contributed by atoms with Crippen molar-refractivity contribution in [1.82, 2.24) is 9.88 Å². The van der Waals surface area contributed by atoms with E-state index >= 15 is 0 Å². The van der Waals surface area contributed by atoms with E-state index in [1.807, 2.05) is 0 Å². The van der Waals surface area contributed by atoms with Crippen molar-refractivity contribution in [1.29, 1.82) is 0 Å². The topological polar surface area (TPSA) is 99.3 Å². The Morgan fingerprint density at radius 2 is 1.90 bits per heavy atom. The summed E-state index contributed by atoms with van der Waals surface area (Å²) in [5.74, 6) is -0.877. The van der Waals surface area contributed by atoms with E-state index in [2.05, 4.69) is 10.3 Å². The lowest BCUT2D eigenvalue weighted by molar-refractivity contribution is 0.197. The quantitative estimate of drug-likeness (QED) is 0.575. The van der Waals surface area contributed by atoms with Gasteiger partial charge in [-0.05, 0) is 42.1 Å². The van der Waals surface area contributed by atoms with Crippen LogP contribution in [0.2, 0.25) is 5.02 Å².